The number of aromatic nitrogens is 2. The number of aryl methyl sites for hydroxylation is 2. The van der Waals surface area contributed by atoms with E-state index in [1.54, 1.807) is 13.3 Å². The molecule has 0 radical (unpaired) electrons. The molecule has 0 amide bonds. The molecule has 0 aliphatic carbocycles. The van der Waals surface area contributed by atoms with Crippen molar-refractivity contribution in [2.45, 2.75) is 27.2 Å². The Bertz CT molecular complexity index is 588. The first-order valence-electron chi connectivity index (χ1n) is 6.38. The van der Waals surface area contributed by atoms with E-state index < -0.39 is 0 Å². The molecule has 0 unspecified atom stereocenters. The minimum Gasteiger partial charge on any atom is -0.496 e. The van der Waals surface area contributed by atoms with Crippen molar-refractivity contribution >= 4 is 0 Å². The van der Waals surface area contributed by atoms with Crippen LogP contribution in [0.5, 0.6) is 5.75 Å². The first kappa shape index (κ1) is 13.6. The number of aromatic amines is 1. The molecular weight excluding hydrogens is 240 g/mol. The number of ether oxygens (including phenoxy) is 1. The molecule has 2 rings (SSSR count). The fourth-order valence-corrected chi connectivity index (χ4v) is 2.36. The highest BCUT2D eigenvalue weighted by Crippen LogP contribution is 2.36. The lowest BCUT2D eigenvalue weighted by Crippen LogP contribution is -1.97. The van der Waals surface area contributed by atoms with E-state index in [0.29, 0.717) is 6.42 Å². The number of benzene rings is 1. The van der Waals surface area contributed by atoms with Crippen LogP contribution in [0.25, 0.3) is 11.3 Å². The van der Waals surface area contributed by atoms with Crippen molar-refractivity contribution in [2.75, 3.05) is 13.7 Å². The molecule has 19 heavy (non-hydrogen) atoms. The summed E-state index contributed by atoms with van der Waals surface area (Å²) in [6.07, 6.45) is 2.33. The summed E-state index contributed by atoms with van der Waals surface area (Å²) < 4.78 is 5.56. The first-order chi connectivity index (χ1) is 9.08. The molecule has 4 heteroatoms. The van der Waals surface area contributed by atoms with Gasteiger partial charge in [0.2, 0.25) is 0 Å². The first-order valence-corrected chi connectivity index (χ1v) is 6.38. The van der Waals surface area contributed by atoms with Crippen LogP contribution in [0.15, 0.2) is 12.3 Å². The highest BCUT2D eigenvalue weighted by Gasteiger charge is 2.16. The topological polar surface area (TPSA) is 58.1 Å². The summed E-state index contributed by atoms with van der Waals surface area (Å²) >= 11 is 0. The molecule has 1 aromatic heterocycles. The van der Waals surface area contributed by atoms with Gasteiger partial charge in [-0.3, -0.25) is 0 Å². The number of imidazole rings is 1. The van der Waals surface area contributed by atoms with Gasteiger partial charge in [0.15, 0.2) is 0 Å². The van der Waals surface area contributed by atoms with Gasteiger partial charge in [-0.2, -0.15) is 0 Å². The van der Waals surface area contributed by atoms with Crippen LogP contribution >= 0.6 is 0 Å². The van der Waals surface area contributed by atoms with Gasteiger partial charge in [0, 0.05) is 12.0 Å². The van der Waals surface area contributed by atoms with Crippen LogP contribution in [-0.4, -0.2) is 28.8 Å². The van der Waals surface area contributed by atoms with Crippen molar-refractivity contribution in [1.29, 1.82) is 0 Å². The van der Waals surface area contributed by atoms with Crippen molar-refractivity contribution in [3.8, 4) is 17.0 Å². The Labute approximate surface area is 113 Å². The Morgan fingerprint density at radius 2 is 2.00 bits per heavy atom. The lowest BCUT2D eigenvalue weighted by Gasteiger charge is -2.15. The second-order valence-corrected chi connectivity index (χ2v) is 4.76. The number of hydrogen-bond acceptors (Lipinski definition) is 3. The molecule has 1 aromatic carbocycles. The molecule has 2 aromatic rings. The standard InChI is InChI=1S/C15H20N2O2/c1-9-7-10(2)14(15(19-4)11(9)3)12-8-16-13(17-12)5-6-18/h7-8,18H,5-6H2,1-4H3,(H,16,17). The van der Waals surface area contributed by atoms with Crippen LogP contribution in [-0.2, 0) is 6.42 Å². The van der Waals surface area contributed by atoms with E-state index in [1.165, 1.54) is 5.56 Å². The number of nitrogens with zero attached hydrogens (tertiary/aromatic N) is 1. The smallest absolute Gasteiger partial charge is 0.131 e. The molecule has 0 aliphatic heterocycles. The quantitative estimate of drug-likeness (QED) is 0.888. The zero-order valence-electron chi connectivity index (χ0n) is 11.9. The predicted octanol–water partition coefficient (Wildman–Crippen LogP) is 2.55. The predicted molar refractivity (Wildman–Crippen MR) is 75.6 cm³/mol. The summed E-state index contributed by atoms with van der Waals surface area (Å²) in [7, 11) is 1.69. The zero-order valence-corrected chi connectivity index (χ0v) is 11.9. The number of hydrogen-bond donors (Lipinski definition) is 2. The Morgan fingerprint density at radius 1 is 1.26 bits per heavy atom. The Balaban J connectivity index is 2.57. The Kier molecular flexibility index (Phi) is 3.90. The maximum absolute atomic E-state index is 8.95. The van der Waals surface area contributed by atoms with Crippen LogP contribution in [0, 0.1) is 20.8 Å². The van der Waals surface area contributed by atoms with Crippen LogP contribution in [0.1, 0.15) is 22.5 Å². The number of aliphatic hydroxyl groups excluding tert-OH is 1. The lowest BCUT2D eigenvalue weighted by molar-refractivity contribution is 0.297. The van der Waals surface area contributed by atoms with E-state index in [-0.39, 0.29) is 6.61 Å². The highest BCUT2D eigenvalue weighted by molar-refractivity contribution is 5.73. The van der Waals surface area contributed by atoms with Crippen LogP contribution in [0.2, 0.25) is 0 Å². The highest BCUT2D eigenvalue weighted by atomic mass is 16.5. The monoisotopic (exact) mass is 260 g/mol. The van der Waals surface area contributed by atoms with Crippen molar-refractivity contribution in [3.63, 3.8) is 0 Å². The minimum absolute atomic E-state index is 0.0933. The maximum Gasteiger partial charge on any atom is 0.131 e. The van der Waals surface area contributed by atoms with E-state index in [0.717, 1.165) is 34.0 Å². The average molecular weight is 260 g/mol. The normalized spacial score (nSPS) is 10.8. The molecule has 0 atom stereocenters. The van der Waals surface area contributed by atoms with Gasteiger partial charge in [-0.05, 0) is 37.5 Å². The summed E-state index contributed by atoms with van der Waals surface area (Å²) in [6, 6.07) is 2.15. The largest absolute Gasteiger partial charge is 0.496 e. The molecular formula is C15H20N2O2. The fourth-order valence-electron chi connectivity index (χ4n) is 2.36. The van der Waals surface area contributed by atoms with Crippen molar-refractivity contribution in [1.82, 2.24) is 9.97 Å². The molecule has 0 bridgehead atoms. The number of aliphatic hydroxyl groups is 1. The summed E-state index contributed by atoms with van der Waals surface area (Å²) in [5.41, 5.74) is 5.48. The second-order valence-electron chi connectivity index (χ2n) is 4.76. The average Bonchev–Trinajstić information content (AvgIpc) is 2.82. The van der Waals surface area contributed by atoms with E-state index in [9.17, 15) is 0 Å². The van der Waals surface area contributed by atoms with Crippen LogP contribution in [0.3, 0.4) is 0 Å². The van der Waals surface area contributed by atoms with Gasteiger partial charge >= 0.3 is 0 Å². The third-order valence-corrected chi connectivity index (χ3v) is 3.44. The molecule has 2 N–H and O–H groups in total. The lowest BCUT2D eigenvalue weighted by atomic mass is 9.97. The molecule has 102 valence electrons. The zero-order chi connectivity index (χ0) is 14.0. The Morgan fingerprint density at radius 3 is 2.63 bits per heavy atom. The third kappa shape index (κ3) is 2.49. The number of methoxy groups -OCH3 is 1. The molecule has 0 aliphatic rings. The summed E-state index contributed by atoms with van der Waals surface area (Å²) in [4.78, 5) is 7.52. The van der Waals surface area contributed by atoms with E-state index >= 15 is 0 Å². The van der Waals surface area contributed by atoms with Gasteiger partial charge in [-0.1, -0.05) is 6.07 Å². The van der Waals surface area contributed by atoms with Crippen LogP contribution in [0.4, 0.5) is 0 Å². The van der Waals surface area contributed by atoms with E-state index in [1.807, 2.05) is 0 Å². The summed E-state index contributed by atoms with van der Waals surface area (Å²) in [5.74, 6) is 1.67. The van der Waals surface area contributed by atoms with Crippen molar-refractivity contribution in [3.05, 3.63) is 34.8 Å². The second kappa shape index (κ2) is 5.45. The van der Waals surface area contributed by atoms with Crippen molar-refractivity contribution < 1.29 is 9.84 Å². The molecule has 0 saturated heterocycles. The van der Waals surface area contributed by atoms with Gasteiger partial charge < -0.3 is 14.8 Å². The number of nitrogens with one attached hydrogen (secondary N) is 1. The van der Waals surface area contributed by atoms with E-state index in [2.05, 4.69) is 36.8 Å². The summed E-state index contributed by atoms with van der Waals surface area (Å²) in [5, 5.41) is 8.95. The maximum atomic E-state index is 8.95. The van der Waals surface area contributed by atoms with Gasteiger partial charge in [0.05, 0.1) is 25.6 Å². The summed E-state index contributed by atoms with van der Waals surface area (Å²) in [6.45, 7) is 6.30. The SMILES string of the molecule is COc1c(C)c(C)cc(C)c1-c1cnc(CCO)[nH]1. The fraction of sp³-hybridized carbons (Fsp3) is 0.400. The molecule has 0 spiro atoms. The minimum atomic E-state index is 0.0933. The van der Waals surface area contributed by atoms with Gasteiger partial charge in [-0.25, -0.2) is 4.98 Å². The molecule has 1 heterocycles. The van der Waals surface area contributed by atoms with Crippen molar-refractivity contribution in [2.24, 2.45) is 0 Å². The number of rotatable bonds is 4. The molecule has 0 saturated carbocycles. The molecule has 0 fully saturated rings. The van der Waals surface area contributed by atoms with Gasteiger partial charge in [0.1, 0.15) is 11.6 Å². The van der Waals surface area contributed by atoms with Gasteiger partial charge in [0.25, 0.3) is 0 Å². The molecule has 4 nitrogen and oxygen atoms in total. The van der Waals surface area contributed by atoms with E-state index in [4.69, 9.17) is 9.84 Å². The number of H-pyrrole nitrogens is 1. The van der Waals surface area contributed by atoms with Crippen LogP contribution < -0.4 is 4.74 Å². The Hall–Kier alpha value is -1.81. The third-order valence-electron chi connectivity index (χ3n) is 3.44. The van der Waals surface area contributed by atoms with Gasteiger partial charge in [-0.15, -0.1) is 0 Å².